The minimum Gasteiger partial charge on any atom is -0.505 e. The molecule has 1 aliphatic rings. The van der Waals surface area contributed by atoms with Gasteiger partial charge < -0.3 is 15.5 Å². The molecule has 5 heteroatoms. The second kappa shape index (κ2) is 4.59. The Kier molecular flexibility index (Phi) is 3.35. The Morgan fingerprint density at radius 1 is 1.44 bits per heavy atom. The van der Waals surface area contributed by atoms with E-state index in [1.54, 1.807) is 6.07 Å². The first-order valence-corrected chi connectivity index (χ1v) is 5.98. The van der Waals surface area contributed by atoms with Crippen LogP contribution in [0.15, 0.2) is 10.5 Å². The third-order valence-corrected chi connectivity index (χ3v) is 3.52. The Labute approximate surface area is 101 Å². The summed E-state index contributed by atoms with van der Waals surface area (Å²) in [7, 11) is 0. The molecular formula is C11H13BrFNO2. The van der Waals surface area contributed by atoms with Gasteiger partial charge in [0.05, 0.1) is 4.47 Å². The standard InChI is InChI=1S/C11H13BrFNO2/c12-8-4-7(3-6-1-2-14-5-6)10(15)9(13)11(8)16/h4,6,14-16H,1-3,5H2. The van der Waals surface area contributed by atoms with E-state index in [4.69, 9.17) is 0 Å². The molecule has 1 aromatic rings. The summed E-state index contributed by atoms with van der Waals surface area (Å²) in [6.07, 6.45) is 1.65. The summed E-state index contributed by atoms with van der Waals surface area (Å²) in [5, 5.41) is 22.1. The quantitative estimate of drug-likeness (QED) is 0.782. The molecule has 0 bridgehead atoms. The molecule has 1 aliphatic heterocycles. The molecule has 0 aromatic heterocycles. The molecule has 1 heterocycles. The molecule has 3 nitrogen and oxygen atoms in total. The van der Waals surface area contributed by atoms with Crippen LogP contribution in [-0.2, 0) is 6.42 Å². The van der Waals surface area contributed by atoms with Crippen molar-refractivity contribution in [2.75, 3.05) is 13.1 Å². The van der Waals surface area contributed by atoms with E-state index in [2.05, 4.69) is 21.2 Å². The Bertz CT molecular complexity index is 405. The number of rotatable bonds is 2. The number of phenolic OH excluding ortho intramolecular Hbond substituents is 2. The van der Waals surface area contributed by atoms with Gasteiger partial charge in [-0.25, -0.2) is 0 Å². The Balaban J connectivity index is 2.26. The van der Waals surface area contributed by atoms with Crippen LogP contribution in [0.2, 0.25) is 0 Å². The number of benzene rings is 1. The van der Waals surface area contributed by atoms with Crippen LogP contribution in [0, 0.1) is 11.7 Å². The number of hydrogen-bond acceptors (Lipinski definition) is 3. The third kappa shape index (κ3) is 2.15. The summed E-state index contributed by atoms with van der Waals surface area (Å²) in [6, 6.07) is 1.58. The van der Waals surface area contributed by atoms with Gasteiger partial charge in [0.2, 0.25) is 5.82 Å². The van der Waals surface area contributed by atoms with Crippen LogP contribution in [0.4, 0.5) is 4.39 Å². The van der Waals surface area contributed by atoms with Crippen LogP contribution in [0.1, 0.15) is 12.0 Å². The molecule has 88 valence electrons. The first-order chi connectivity index (χ1) is 7.59. The molecule has 0 radical (unpaired) electrons. The summed E-state index contributed by atoms with van der Waals surface area (Å²) in [5.74, 6) is -1.50. The second-order valence-corrected chi connectivity index (χ2v) is 4.95. The molecule has 0 spiro atoms. The molecule has 0 aliphatic carbocycles. The summed E-state index contributed by atoms with van der Waals surface area (Å²) in [5.41, 5.74) is 0.538. The highest BCUT2D eigenvalue weighted by atomic mass is 79.9. The number of halogens is 2. The van der Waals surface area contributed by atoms with E-state index in [0.29, 0.717) is 17.9 Å². The van der Waals surface area contributed by atoms with Crippen molar-refractivity contribution in [3.63, 3.8) is 0 Å². The fourth-order valence-electron chi connectivity index (χ4n) is 2.00. The average Bonchev–Trinajstić information content (AvgIpc) is 2.76. The number of hydrogen-bond donors (Lipinski definition) is 3. The van der Waals surface area contributed by atoms with Gasteiger partial charge in [-0.3, -0.25) is 0 Å². The predicted molar refractivity (Wildman–Crippen MR) is 62.1 cm³/mol. The van der Waals surface area contributed by atoms with Crippen molar-refractivity contribution >= 4 is 15.9 Å². The summed E-state index contributed by atoms with van der Waals surface area (Å²) in [6.45, 7) is 1.85. The fraction of sp³-hybridized carbons (Fsp3) is 0.455. The monoisotopic (exact) mass is 289 g/mol. The van der Waals surface area contributed by atoms with Gasteiger partial charge in [-0.1, -0.05) is 0 Å². The van der Waals surface area contributed by atoms with Gasteiger partial charge in [0.1, 0.15) is 0 Å². The maximum absolute atomic E-state index is 13.4. The first-order valence-electron chi connectivity index (χ1n) is 5.19. The lowest BCUT2D eigenvalue weighted by molar-refractivity contribution is 0.380. The van der Waals surface area contributed by atoms with Gasteiger partial charge in [0.25, 0.3) is 0 Å². The molecule has 16 heavy (non-hydrogen) atoms. The van der Waals surface area contributed by atoms with Gasteiger partial charge >= 0.3 is 0 Å². The molecule has 1 aromatic carbocycles. The van der Waals surface area contributed by atoms with Crippen molar-refractivity contribution in [2.24, 2.45) is 5.92 Å². The second-order valence-electron chi connectivity index (χ2n) is 4.09. The van der Waals surface area contributed by atoms with Gasteiger partial charge in [-0.15, -0.1) is 0 Å². The zero-order valence-corrected chi connectivity index (χ0v) is 10.2. The Hall–Kier alpha value is -0.810. The fourth-order valence-corrected chi connectivity index (χ4v) is 2.45. The molecule has 1 atom stereocenters. The van der Waals surface area contributed by atoms with Crippen molar-refractivity contribution in [3.05, 3.63) is 21.9 Å². The van der Waals surface area contributed by atoms with Crippen LogP contribution in [0.25, 0.3) is 0 Å². The molecular weight excluding hydrogens is 277 g/mol. The number of nitrogens with one attached hydrogen (secondary N) is 1. The highest BCUT2D eigenvalue weighted by Crippen LogP contribution is 2.37. The lowest BCUT2D eigenvalue weighted by Gasteiger charge is -2.12. The van der Waals surface area contributed by atoms with Crippen LogP contribution >= 0.6 is 15.9 Å². The lowest BCUT2D eigenvalue weighted by atomic mass is 9.98. The summed E-state index contributed by atoms with van der Waals surface area (Å²) >= 11 is 3.06. The van der Waals surface area contributed by atoms with Crippen LogP contribution in [0.5, 0.6) is 11.5 Å². The van der Waals surface area contributed by atoms with Gasteiger partial charge in [-0.2, -0.15) is 4.39 Å². The highest BCUT2D eigenvalue weighted by molar-refractivity contribution is 9.10. The van der Waals surface area contributed by atoms with Crippen molar-refractivity contribution < 1.29 is 14.6 Å². The largest absolute Gasteiger partial charge is 0.505 e. The van der Waals surface area contributed by atoms with E-state index < -0.39 is 17.3 Å². The maximum Gasteiger partial charge on any atom is 0.207 e. The zero-order valence-electron chi connectivity index (χ0n) is 8.63. The first kappa shape index (κ1) is 11.7. The van der Waals surface area contributed by atoms with Crippen molar-refractivity contribution in [1.82, 2.24) is 5.32 Å². The molecule has 3 N–H and O–H groups in total. The number of aromatic hydroxyl groups is 2. The van der Waals surface area contributed by atoms with E-state index in [1.165, 1.54) is 0 Å². The van der Waals surface area contributed by atoms with Crippen molar-refractivity contribution in [3.8, 4) is 11.5 Å². The van der Waals surface area contributed by atoms with E-state index >= 15 is 0 Å². The van der Waals surface area contributed by atoms with Crippen LogP contribution in [0.3, 0.4) is 0 Å². The molecule has 1 fully saturated rings. The van der Waals surface area contributed by atoms with Crippen LogP contribution < -0.4 is 5.32 Å². The normalized spacial score (nSPS) is 20.2. The lowest BCUT2D eigenvalue weighted by Crippen LogP contribution is -2.11. The molecule has 1 unspecified atom stereocenters. The summed E-state index contributed by atoms with van der Waals surface area (Å²) in [4.78, 5) is 0. The molecule has 0 saturated carbocycles. The predicted octanol–water partition coefficient (Wildman–Crippen LogP) is 2.15. The van der Waals surface area contributed by atoms with Gasteiger partial charge in [0, 0.05) is 0 Å². The highest BCUT2D eigenvalue weighted by Gasteiger charge is 2.21. The molecule has 2 rings (SSSR count). The topological polar surface area (TPSA) is 52.5 Å². The SMILES string of the molecule is Oc1c(Br)cc(CC2CCNC2)c(O)c1F. The van der Waals surface area contributed by atoms with E-state index in [-0.39, 0.29) is 4.47 Å². The smallest absolute Gasteiger partial charge is 0.207 e. The average molecular weight is 290 g/mol. The van der Waals surface area contributed by atoms with Crippen molar-refractivity contribution in [2.45, 2.75) is 12.8 Å². The molecule has 0 amide bonds. The van der Waals surface area contributed by atoms with Gasteiger partial charge in [0.15, 0.2) is 11.5 Å². The Morgan fingerprint density at radius 2 is 2.19 bits per heavy atom. The maximum atomic E-state index is 13.4. The third-order valence-electron chi connectivity index (χ3n) is 2.92. The van der Waals surface area contributed by atoms with Gasteiger partial charge in [-0.05, 0) is 59.4 Å². The minimum atomic E-state index is -0.949. The number of phenols is 2. The Morgan fingerprint density at radius 3 is 2.81 bits per heavy atom. The minimum absolute atomic E-state index is 0.281. The van der Waals surface area contributed by atoms with Crippen molar-refractivity contribution in [1.29, 1.82) is 0 Å². The zero-order chi connectivity index (χ0) is 11.7. The van der Waals surface area contributed by atoms with Crippen LogP contribution in [-0.4, -0.2) is 23.3 Å². The molecule has 1 saturated heterocycles. The van der Waals surface area contributed by atoms with E-state index in [1.807, 2.05) is 0 Å². The van der Waals surface area contributed by atoms with E-state index in [9.17, 15) is 14.6 Å². The summed E-state index contributed by atoms with van der Waals surface area (Å²) < 4.78 is 13.7. The van der Waals surface area contributed by atoms with E-state index in [0.717, 1.165) is 19.5 Å².